The van der Waals surface area contributed by atoms with Gasteiger partial charge in [-0.2, -0.15) is 0 Å². The third kappa shape index (κ3) is 5.92. The molecule has 26 heavy (non-hydrogen) atoms. The van der Waals surface area contributed by atoms with Gasteiger partial charge in [-0.05, 0) is 28.7 Å². The van der Waals surface area contributed by atoms with E-state index in [0.29, 0.717) is 5.75 Å². The number of nitrogens with one attached hydrogen (secondary N) is 1. The minimum atomic E-state index is -0.973. The number of hydrogen-bond acceptors (Lipinski definition) is 3. The van der Waals surface area contributed by atoms with Crippen LogP contribution in [0.5, 0.6) is 5.75 Å². The molecule has 0 aliphatic rings. The maximum atomic E-state index is 12.2. The molecule has 0 aliphatic carbocycles. The molecule has 2 rings (SSSR count). The van der Waals surface area contributed by atoms with Crippen molar-refractivity contribution in [2.75, 3.05) is 6.61 Å². The molecule has 0 aliphatic heterocycles. The molecule has 0 bridgehead atoms. The van der Waals surface area contributed by atoms with E-state index in [-0.39, 0.29) is 24.3 Å². The smallest absolute Gasteiger partial charge is 0.305 e. The van der Waals surface area contributed by atoms with Gasteiger partial charge in [0.15, 0.2) is 6.61 Å². The van der Waals surface area contributed by atoms with Gasteiger partial charge in [0.25, 0.3) is 5.91 Å². The van der Waals surface area contributed by atoms with Gasteiger partial charge in [-0.25, -0.2) is 0 Å². The molecule has 0 radical (unpaired) electrons. The number of hydrogen-bond donors (Lipinski definition) is 2. The highest BCUT2D eigenvalue weighted by atomic mass is 16.5. The van der Waals surface area contributed by atoms with E-state index >= 15 is 0 Å². The number of carboxylic acid groups (broad SMARTS) is 1. The largest absolute Gasteiger partial charge is 0.484 e. The lowest BCUT2D eigenvalue weighted by Gasteiger charge is -2.22. The Kier molecular flexibility index (Phi) is 6.39. The Hall–Kier alpha value is -2.82. The first kappa shape index (κ1) is 19.5. The highest BCUT2D eigenvalue weighted by Gasteiger charge is 2.20. The van der Waals surface area contributed by atoms with Crippen LogP contribution < -0.4 is 10.1 Å². The monoisotopic (exact) mass is 355 g/mol. The molecule has 0 saturated heterocycles. The van der Waals surface area contributed by atoms with E-state index in [1.54, 1.807) is 12.1 Å². The normalized spacial score (nSPS) is 12.3. The van der Waals surface area contributed by atoms with Gasteiger partial charge in [0.1, 0.15) is 5.75 Å². The average molecular weight is 355 g/mol. The second-order valence-electron chi connectivity index (χ2n) is 7.19. The van der Waals surface area contributed by atoms with Crippen LogP contribution in [0.2, 0.25) is 0 Å². The summed E-state index contributed by atoms with van der Waals surface area (Å²) in [5.74, 6) is -0.744. The van der Waals surface area contributed by atoms with Crippen LogP contribution in [0.4, 0.5) is 0 Å². The third-order valence-corrected chi connectivity index (χ3v) is 4.01. The van der Waals surface area contributed by atoms with Crippen LogP contribution in [0.15, 0.2) is 54.6 Å². The summed E-state index contributed by atoms with van der Waals surface area (Å²) in [5.41, 5.74) is 1.91. The fraction of sp³-hybridized carbons (Fsp3) is 0.333. The highest BCUT2D eigenvalue weighted by Crippen LogP contribution is 2.25. The quantitative estimate of drug-likeness (QED) is 0.794. The fourth-order valence-corrected chi connectivity index (χ4v) is 2.54. The molecule has 138 valence electrons. The molecule has 0 unspecified atom stereocenters. The molecular formula is C21H25NO4. The summed E-state index contributed by atoms with van der Waals surface area (Å²) in [6.07, 6.45) is -0.189. The topological polar surface area (TPSA) is 75.6 Å². The average Bonchev–Trinajstić information content (AvgIpc) is 2.59. The second kappa shape index (κ2) is 8.52. The summed E-state index contributed by atoms with van der Waals surface area (Å²) in [5, 5.41) is 11.9. The van der Waals surface area contributed by atoms with E-state index in [9.17, 15) is 9.59 Å². The van der Waals surface area contributed by atoms with Gasteiger partial charge in [-0.15, -0.1) is 0 Å². The van der Waals surface area contributed by atoms with Gasteiger partial charge < -0.3 is 15.2 Å². The number of ether oxygens (including phenoxy) is 1. The second-order valence-corrected chi connectivity index (χ2v) is 7.19. The summed E-state index contributed by atoms with van der Waals surface area (Å²) in [6, 6.07) is 16.1. The highest BCUT2D eigenvalue weighted by molar-refractivity contribution is 5.79. The Labute approximate surface area is 154 Å². The molecule has 1 atom stereocenters. The van der Waals surface area contributed by atoms with E-state index in [2.05, 4.69) is 26.1 Å². The summed E-state index contributed by atoms with van der Waals surface area (Å²) >= 11 is 0. The Balaban J connectivity index is 2.04. The SMILES string of the molecule is CC(C)(C)c1ccc([C@H](CC(=O)O)NC(=O)COc2ccccc2)cc1. The van der Waals surface area contributed by atoms with E-state index in [1.165, 1.54) is 0 Å². The first-order valence-corrected chi connectivity index (χ1v) is 8.55. The van der Waals surface area contributed by atoms with Gasteiger partial charge >= 0.3 is 5.97 Å². The van der Waals surface area contributed by atoms with Crippen molar-refractivity contribution in [3.63, 3.8) is 0 Å². The molecule has 2 N–H and O–H groups in total. The van der Waals surface area contributed by atoms with Crippen LogP contribution >= 0.6 is 0 Å². The van der Waals surface area contributed by atoms with Gasteiger partial charge in [0, 0.05) is 0 Å². The summed E-state index contributed by atoms with van der Waals surface area (Å²) in [4.78, 5) is 23.4. The van der Waals surface area contributed by atoms with Crippen molar-refractivity contribution in [2.45, 2.75) is 38.6 Å². The molecule has 0 fully saturated rings. The maximum Gasteiger partial charge on any atom is 0.305 e. The van der Waals surface area contributed by atoms with Crippen LogP contribution in [0.3, 0.4) is 0 Å². The minimum Gasteiger partial charge on any atom is -0.484 e. The van der Waals surface area contributed by atoms with Crippen LogP contribution in [-0.2, 0) is 15.0 Å². The van der Waals surface area contributed by atoms with Crippen molar-refractivity contribution >= 4 is 11.9 Å². The van der Waals surface area contributed by atoms with Gasteiger partial charge in [0.05, 0.1) is 12.5 Å². The van der Waals surface area contributed by atoms with Crippen molar-refractivity contribution in [1.29, 1.82) is 0 Å². The van der Waals surface area contributed by atoms with Gasteiger partial charge in [-0.3, -0.25) is 9.59 Å². The maximum absolute atomic E-state index is 12.2. The Bertz CT molecular complexity index is 733. The number of para-hydroxylation sites is 1. The van der Waals surface area contributed by atoms with E-state index in [0.717, 1.165) is 11.1 Å². The van der Waals surface area contributed by atoms with Crippen molar-refractivity contribution in [2.24, 2.45) is 0 Å². The lowest BCUT2D eigenvalue weighted by Crippen LogP contribution is -2.33. The van der Waals surface area contributed by atoms with Crippen LogP contribution in [0, 0.1) is 0 Å². The van der Waals surface area contributed by atoms with Crippen molar-refractivity contribution in [1.82, 2.24) is 5.32 Å². The zero-order valence-corrected chi connectivity index (χ0v) is 15.4. The molecule has 2 aromatic rings. The first-order chi connectivity index (χ1) is 12.3. The lowest BCUT2D eigenvalue weighted by molar-refractivity contribution is -0.137. The van der Waals surface area contributed by atoms with E-state index in [1.807, 2.05) is 42.5 Å². The molecule has 5 heteroatoms. The van der Waals surface area contributed by atoms with Crippen LogP contribution in [0.1, 0.15) is 44.4 Å². The summed E-state index contributed by atoms with van der Waals surface area (Å²) in [6.45, 7) is 6.17. The molecule has 0 saturated carbocycles. The van der Waals surface area contributed by atoms with E-state index in [4.69, 9.17) is 9.84 Å². The van der Waals surface area contributed by atoms with Crippen molar-refractivity contribution in [3.8, 4) is 5.75 Å². The van der Waals surface area contributed by atoms with Crippen LogP contribution in [-0.4, -0.2) is 23.6 Å². The number of carbonyl (C=O) groups excluding carboxylic acids is 1. The predicted molar refractivity (Wildman–Crippen MR) is 100 cm³/mol. The lowest BCUT2D eigenvalue weighted by atomic mass is 9.86. The van der Waals surface area contributed by atoms with Crippen LogP contribution in [0.25, 0.3) is 0 Å². The molecule has 1 amide bonds. The Morgan fingerprint density at radius 3 is 2.19 bits per heavy atom. The number of aliphatic carboxylic acids is 1. The van der Waals surface area contributed by atoms with Gasteiger partial charge in [-0.1, -0.05) is 63.2 Å². The fourth-order valence-electron chi connectivity index (χ4n) is 2.54. The standard InChI is InChI=1S/C21H25NO4/c1-21(2,3)16-11-9-15(10-12-16)18(13-20(24)25)22-19(23)14-26-17-7-5-4-6-8-17/h4-12,18H,13-14H2,1-3H3,(H,22,23)(H,24,25)/t18-/m0/s1. The molecular weight excluding hydrogens is 330 g/mol. The van der Waals surface area contributed by atoms with E-state index < -0.39 is 12.0 Å². The minimum absolute atomic E-state index is 0.00754. The predicted octanol–water partition coefficient (Wildman–Crippen LogP) is 3.70. The third-order valence-electron chi connectivity index (χ3n) is 4.01. The summed E-state index contributed by atoms with van der Waals surface area (Å²) in [7, 11) is 0. The number of rotatable bonds is 7. The molecule has 0 heterocycles. The number of carbonyl (C=O) groups is 2. The molecule has 0 aromatic heterocycles. The summed E-state index contributed by atoms with van der Waals surface area (Å²) < 4.78 is 5.41. The van der Waals surface area contributed by atoms with Gasteiger partial charge in [0.2, 0.25) is 0 Å². The molecule has 2 aromatic carbocycles. The number of benzene rings is 2. The number of amides is 1. The Morgan fingerprint density at radius 1 is 1.04 bits per heavy atom. The zero-order chi connectivity index (χ0) is 19.2. The Morgan fingerprint density at radius 2 is 1.65 bits per heavy atom. The van der Waals surface area contributed by atoms with Crippen molar-refractivity contribution in [3.05, 3.63) is 65.7 Å². The molecule has 0 spiro atoms. The molecule has 5 nitrogen and oxygen atoms in total. The first-order valence-electron chi connectivity index (χ1n) is 8.55. The zero-order valence-electron chi connectivity index (χ0n) is 15.4. The van der Waals surface area contributed by atoms with Crippen molar-refractivity contribution < 1.29 is 19.4 Å². The number of carboxylic acids is 1.